The van der Waals surface area contributed by atoms with E-state index >= 15 is 0 Å². The first-order chi connectivity index (χ1) is 5.43. The lowest BCUT2D eigenvalue weighted by Gasteiger charge is -2.14. The first-order valence-electron chi connectivity index (χ1n) is 3.64. The van der Waals surface area contributed by atoms with E-state index < -0.39 is 0 Å². The van der Waals surface area contributed by atoms with Crippen molar-refractivity contribution < 1.29 is 9.47 Å². The molecule has 0 aromatic rings. The Morgan fingerprint density at radius 1 is 1.55 bits per heavy atom. The van der Waals surface area contributed by atoms with Crippen LogP contribution in [0, 0.1) is 0 Å². The number of hydrogen-bond donors (Lipinski definition) is 1. The van der Waals surface area contributed by atoms with E-state index in [1.807, 2.05) is 17.3 Å². The van der Waals surface area contributed by atoms with Crippen molar-refractivity contribution in [3.63, 3.8) is 0 Å². The summed E-state index contributed by atoms with van der Waals surface area (Å²) in [6.07, 6.45) is 3.87. The zero-order valence-corrected chi connectivity index (χ0v) is 6.75. The van der Waals surface area contributed by atoms with Gasteiger partial charge in [0.25, 0.3) is 0 Å². The van der Waals surface area contributed by atoms with E-state index in [2.05, 4.69) is 5.32 Å². The first kappa shape index (κ1) is 8.36. The van der Waals surface area contributed by atoms with Gasteiger partial charge in [0.05, 0.1) is 19.9 Å². The lowest BCUT2D eigenvalue weighted by molar-refractivity contribution is 0.0232. The fourth-order valence-corrected chi connectivity index (χ4v) is 0.794. The third-order valence-corrected chi connectivity index (χ3v) is 1.39. The van der Waals surface area contributed by atoms with Crippen molar-refractivity contribution in [1.29, 1.82) is 0 Å². The molecule has 1 heterocycles. The number of ether oxygens (including phenoxy) is 2. The smallest absolute Gasteiger partial charge is 0.120 e. The summed E-state index contributed by atoms with van der Waals surface area (Å²) in [6, 6.07) is 0. The molecule has 11 heavy (non-hydrogen) atoms. The summed E-state index contributed by atoms with van der Waals surface area (Å²) in [7, 11) is 1.67. The summed E-state index contributed by atoms with van der Waals surface area (Å²) in [6.45, 7) is 2.78. The first-order valence-corrected chi connectivity index (χ1v) is 3.64. The Morgan fingerprint density at radius 3 is 3.09 bits per heavy atom. The molecule has 4 heteroatoms. The minimum Gasteiger partial charge on any atom is -0.382 e. The molecule has 0 spiro atoms. The molecule has 4 nitrogen and oxygen atoms in total. The lowest BCUT2D eigenvalue weighted by Crippen LogP contribution is -2.24. The van der Waals surface area contributed by atoms with Crippen molar-refractivity contribution in [2.45, 2.75) is 0 Å². The molecule has 64 valence electrons. The van der Waals surface area contributed by atoms with Gasteiger partial charge in [0.15, 0.2) is 0 Å². The van der Waals surface area contributed by atoms with E-state index in [-0.39, 0.29) is 0 Å². The SMILES string of the molecule is COCCOCN1C=CNC1. The van der Waals surface area contributed by atoms with Gasteiger partial charge < -0.3 is 19.7 Å². The Labute approximate surface area is 66.8 Å². The molecule has 0 unspecified atom stereocenters. The van der Waals surface area contributed by atoms with E-state index in [0.29, 0.717) is 19.9 Å². The number of methoxy groups -OCH3 is 1. The van der Waals surface area contributed by atoms with Crippen LogP contribution in [0.15, 0.2) is 12.4 Å². The van der Waals surface area contributed by atoms with Crippen LogP contribution >= 0.6 is 0 Å². The fourth-order valence-electron chi connectivity index (χ4n) is 0.794. The van der Waals surface area contributed by atoms with Crippen LogP contribution in [0.4, 0.5) is 0 Å². The largest absolute Gasteiger partial charge is 0.382 e. The van der Waals surface area contributed by atoms with Gasteiger partial charge >= 0.3 is 0 Å². The average molecular weight is 158 g/mol. The van der Waals surface area contributed by atoms with Gasteiger partial charge in [-0.05, 0) is 0 Å². The molecule has 0 saturated heterocycles. The molecule has 0 atom stereocenters. The second-order valence-electron chi connectivity index (χ2n) is 2.30. The van der Waals surface area contributed by atoms with Crippen molar-refractivity contribution in [2.75, 3.05) is 33.7 Å². The maximum Gasteiger partial charge on any atom is 0.120 e. The van der Waals surface area contributed by atoms with Gasteiger partial charge in [-0.1, -0.05) is 0 Å². The second kappa shape index (κ2) is 4.98. The molecule has 0 aliphatic carbocycles. The van der Waals surface area contributed by atoms with Crippen molar-refractivity contribution in [2.24, 2.45) is 0 Å². The van der Waals surface area contributed by atoms with Crippen LogP contribution in [0.1, 0.15) is 0 Å². The Balaban J connectivity index is 1.90. The molecular formula is C7H14N2O2. The van der Waals surface area contributed by atoms with Crippen LogP contribution in [0.3, 0.4) is 0 Å². The highest BCUT2D eigenvalue weighted by Gasteiger charge is 2.01. The van der Waals surface area contributed by atoms with Crippen molar-refractivity contribution >= 4 is 0 Å². The molecule has 0 fully saturated rings. The monoisotopic (exact) mass is 158 g/mol. The summed E-state index contributed by atoms with van der Waals surface area (Å²) >= 11 is 0. The van der Waals surface area contributed by atoms with Gasteiger partial charge in [-0.3, -0.25) is 0 Å². The zero-order chi connectivity index (χ0) is 7.94. The number of rotatable bonds is 5. The minimum atomic E-state index is 0.632. The third kappa shape index (κ3) is 3.25. The standard InChI is InChI=1S/C7H14N2O2/c1-10-4-5-11-7-9-3-2-8-6-9/h2-3,8H,4-7H2,1H3. The Morgan fingerprint density at radius 2 is 2.45 bits per heavy atom. The number of hydrogen-bond acceptors (Lipinski definition) is 4. The van der Waals surface area contributed by atoms with Gasteiger partial charge in [0.2, 0.25) is 0 Å². The van der Waals surface area contributed by atoms with E-state index in [1.165, 1.54) is 0 Å². The summed E-state index contributed by atoms with van der Waals surface area (Å²) < 4.78 is 10.1. The van der Waals surface area contributed by atoms with E-state index in [9.17, 15) is 0 Å². The summed E-state index contributed by atoms with van der Waals surface area (Å²) in [5.41, 5.74) is 0. The van der Waals surface area contributed by atoms with Crippen LogP contribution < -0.4 is 5.32 Å². The number of nitrogens with one attached hydrogen (secondary N) is 1. The topological polar surface area (TPSA) is 33.7 Å². The lowest BCUT2D eigenvalue weighted by atomic mass is 10.7. The molecule has 0 aromatic heterocycles. The summed E-state index contributed by atoms with van der Waals surface area (Å²) in [5.74, 6) is 0. The maximum absolute atomic E-state index is 5.27. The van der Waals surface area contributed by atoms with Gasteiger partial charge in [-0.25, -0.2) is 0 Å². The van der Waals surface area contributed by atoms with Gasteiger partial charge in [-0.2, -0.15) is 0 Å². The average Bonchev–Trinajstić information content (AvgIpc) is 2.50. The third-order valence-electron chi connectivity index (χ3n) is 1.39. The van der Waals surface area contributed by atoms with Crippen LogP contribution in [-0.4, -0.2) is 38.6 Å². The van der Waals surface area contributed by atoms with Gasteiger partial charge in [0.1, 0.15) is 6.73 Å². The van der Waals surface area contributed by atoms with Crippen molar-refractivity contribution in [1.82, 2.24) is 10.2 Å². The van der Waals surface area contributed by atoms with Gasteiger partial charge in [0, 0.05) is 19.5 Å². The predicted octanol–water partition coefficient (Wildman–Crippen LogP) is -0.0592. The molecule has 0 amide bonds. The quantitative estimate of drug-likeness (QED) is 0.568. The van der Waals surface area contributed by atoms with Crippen LogP contribution in [0.5, 0.6) is 0 Å². The Kier molecular flexibility index (Phi) is 3.79. The van der Waals surface area contributed by atoms with E-state index in [4.69, 9.17) is 9.47 Å². The number of nitrogens with zero attached hydrogens (tertiary/aromatic N) is 1. The fraction of sp³-hybridized carbons (Fsp3) is 0.714. The van der Waals surface area contributed by atoms with Gasteiger partial charge in [-0.15, -0.1) is 0 Å². The summed E-state index contributed by atoms with van der Waals surface area (Å²) in [5, 5.41) is 3.05. The minimum absolute atomic E-state index is 0.632. The van der Waals surface area contributed by atoms with Crippen LogP contribution in [0.2, 0.25) is 0 Å². The van der Waals surface area contributed by atoms with Crippen LogP contribution in [0.25, 0.3) is 0 Å². The summed E-state index contributed by atoms with van der Waals surface area (Å²) in [4.78, 5) is 2.04. The molecule has 0 bridgehead atoms. The highest BCUT2D eigenvalue weighted by Crippen LogP contribution is 1.93. The molecular weight excluding hydrogens is 144 g/mol. The van der Waals surface area contributed by atoms with Crippen LogP contribution in [-0.2, 0) is 9.47 Å². The van der Waals surface area contributed by atoms with E-state index in [0.717, 1.165) is 6.67 Å². The molecule has 1 aliphatic rings. The Bertz CT molecular complexity index is 128. The molecule has 0 radical (unpaired) electrons. The molecule has 1 N–H and O–H groups in total. The molecule has 1 rings (SSSR count). The highest BCUT2D eigenvalue weighted by atomic mass is 16.5. The zero-order valence-electron chi connectivity index (χ0n) is 6.75. The second-order valence-corrected chi connectivity index (χ2v) is 2.30. The highest BCUT2D eigenvalue weighted by molar-refractivity contribution is 4.85. The van der Waals surface area contributed by atoms with Crippen molar-refractivity contribution in [3.05, 3.63) is 12.4 Å². The van der Waals surface area contributed by atoms with Crippen molar-refractivity contribution in [3.8, 4) is 0 Å². The Hall–Kier alpha value is -0.740. The molecule has 1 aliphatic heterocycles. The molecule has 0 saturated carbocycles. The van der Waals surface area contributed by atoms with E-state index in [1.54, 1.807) is 7.11 Å². The normalized spacial score (nSPS) is 15.5. The molecule has 0 aromatic carbocycles. The predicted molar refractivity (Wildman–Crippen MR) is 41.7 cm³/mol. The maximum atomic E-state index is 5.27.